The van der Waals surface area contributed by atoms with Crippen LogP contribution in [0.2, 0.25) is 0 Å². The molecule has 0 aliphatic heterocycles. The summed E-state index contributed by atoms with van der Waals surface area (Å²) >= 11 is 0. The van der Waals surface area contributed by atoms with Gasteiger partial charge in [-0.2, -0.15) is 0 Å². The zero-order valence-corrected chi connectivity index (χ0v) is 20.2. The maximum atomic E-state index is 11.8. The minimum Gasteiger partial charge on any atom is -0.318 e. The fourth-order valence-corrected chi connectivity index (χ4v) is 2.98. The van der Waals surface area contributed by atoms with Crippen LogP contribution in [-0.4, -0.2) is 23.1 Å². The Morgan fingerprint density at radius 1 is 0.343 bits per heavy atom. The van der Waals surface area contributed by atoms with Crippen molar-refractivity contribution < 1.29 is 39.6 Å². The SMILES string of the molecule is O=C([CH-]C(=O)c1ccccc1)c1ccccc1.O=C([CH-]C(=O)c1ccccc1)c1ccccc1.[Pd+2]. The van der Waals surface area contributed by atoms with E-state index in [1.54, 1.807) is 97.1 Å². The molecule has 0 unspecified atom stereocenters. The van der Waals surface area contributed by atoms with Gasteiger partial charge in [-0.25, -0.2) is 0 Å². The van der Waals surface area contributed by atoms with Crippen LogP contribution in [0.25, 0.3) is 0 Å². The number of hydrogen-bond acceptors (Lipinski definition) is 4. The van der Waals surface area contributed by atoms with E-state index in [1.807, 2.05) is 24.3 Å². The molecule has 0 aliphatic rings. The number of ketones is 4. The Hall–Kier alpha value is -4.04. The van der Waals surface area contributed by atoms with Crippen molar-refractivity contribution in [3.05, 3.63) is 156 Å². The van der Waals surface area contributed by atoms with E-state index < -0.39 is 0 Å². The second-order valence-corrected chi connectivity index (χ2v) is 7.21. The number of Topliss-reactive ketones (excluding diaryl/α,β-unsaturated/α-hetero) is 4. The first-order valence-corrected chi connectivity index (χ1v) is 10.6. The molecule has 0 atom stereocenters. The molecule has 4 rings (SSSR count). The molecule has 35 heavy (non-hydrogen) atoms. The Labute approximate surface area is 218 Å². The first kappa shape index (κ1) is 27.2. The monoisotopic (exact) mass is 552 g/mol. The van der Waals surface area contributed by atoms with Crippen molar-refractivity contribution in [2.45, 2.75) is 0 Å². The van der Waals surface area contributed by atoms with Crippen LogP contribution < -0.4 is 0 Å². The van der Waals surface area contributed by atoms with Crippen LogP contribution in [0.4, 0.5) is 0 Å². The van der Waals surface area contributed by atoms with Crippen molar-refractivity contribution in [2.75, 3.05) is 0 Å². The topological polar surface area (TPSA) is 68.3 Å². The summed E-state index contributed by atoms with van der Waals surface area (Å²) in [6.45, 7) is 0. The van der Waals surface area contributed by atoms with Crippen LogP contribution >= 0.6 is 0 Å². The molecule has 5 heteroatoms. The molecule has 0 aromatic heterocycles. The first-order chi connectivity index (χ1) is 16.5. The average Bonchev–Trinajstić information content (AvgIpc) is 2.91. The molecule has 0 fully saturated rings. The molecule has 0 N–H and O–H groups in total. The maximum Gasteiger partial charge on any atom is 2.00 e. The normalized spacial score (nSPS) is 9.37. The predicted molar refractivity (Wildman–Crippen MR) is 132 cm³/mol. The molecule has 0 radical (unpaired) electrons. The first-order valence-electron chi connectivity index (χ1n) is 10.6. The van der Waals surface area contributed by atoms with Crippen molar-refractivity contribution in [3.8, 4) is 0 Å². The van der Waals surface area contributed by atoms with Gasteiger partial charge in [0, 0.05) is 0 Å². The summed E-state index contributed by atoms with van der Waals surface area (Å²) in [5.41, 5.74) is 2.10. The van der Waals surface area contributed by atoms with Gasteiger partial charge in [0.2, 0.25) is 0 Å². The molecule has 176 valence electrons. The van der Waals surface area contributed by atoms with Crippen LogP contribution in [0.3, 0.4) is 0 Å². The van der Waals surface area contributed by atoms with Crippen molar-refractivity contribution in [1.82, 2.24) is 0 Å². The van der Waals surface area contributed by atoms with Crippen molar-refractivity contribution in [3.63, 3.8) is 0 Å². The standard InChI is InChI=1S/2C15H11O2.Pd/c2*16-14(12-7-3-1-4-8-12)11-15(17)13-9-5-2-6-10-13;/h2*1-11H;/q2*-1;+2. The molecule has 4 aromatic carbocycles. The Morgan fingerprint density at radius 3 is 0.686 bits per heavy atom. The molecule has 4 nitrogen and oxygen atoms in total. The minimum absolute atomic E-state index is 0. The zero-order chi connectivity index (χ0) is 24.2. The summed E-state index contributed by atoms with van der Waals surface area (Å²) in [5, 5.41) is 0. The summed E-state index contributed by atoms with van der Waals surface area (Å²) in [4.78, 5) is 47.0. The van der Waals surface area contributed by atoms with Gasteiger partial charge in [0.25, 0.3) is 0 Å². The van der Waals surface area contributed by atoms with E-state index in [0.717, 1.165) is 12.8 Å². The van der Waals surface area contributed by atoms with E-state index in [0.29, 0.717) is 22.3 Å². The molecular weight excluding hydrogens is 531 g/mol. The van der Waals surface area contributed by atoms with E-state index in [2.05, 4.69) is 0 Å². The second kappa shape index (κ2) is 14.3. The number of rotatable bonds is 8. The van der Waals surface area contributed by atoms with Gasteiger partial charge in [-0.1, -0.05) is 108 Å². The third-order valence-corrected chi connectivity index (χ3v) is 4.76. The van der Waals surface area contributed by atoms with Gasteiger partial charge in [0.05, 0.1) is 23.1 Å². The Balaban J connectivity index is 0.000000240. The van der Waals surface area contributed by atoms with Crippen molar-refractivity contribution in [2.24, 2.45) is 0 Å². The third kappa shape index (κ3) is 8.68. The molecule has 0 saturated heterocycles. The van der Waals surface area contributed by atoms with E-state index in [9.17, 15) is 19.2 Å². The minimum atomic E-state index is -0.264. The molecule has 4 aromatic rings. The van der Waals surface area contributed by atoms with Gasteiger partial charge < -0.3 is 19.2 Å². The van der Waals surface area contributed by atoms with E-state index >= 15 is 0 Å². The van der Waals surface area contributed by atoms with Gasteiger partial charge >= 0.3 is 20.4 Å². The molecule has 0 heterocycles. The molecule has 0 amide bonds. The summed E-state index contributed by atoms with van der Waals surface area (Å²) in [6.07, 6.45) is 2.26. The number of benzene rings is 4. The van der Waals surface area contributed by atoms with Crippen LogP contribution in [0, 0.1) is 12.8 Å². The Kier molecular flexibility index (Phi) is 11.1. The average molecular weight is 553 g/mol. The largest absolute Gasteiger partial charge is 2.00 e. The number of carbonyl (C=O) groups excluding carboxylic acids is 4. The summed E-state index contributed by atoms with van der Waals surface area (Å²) in [6, 6.07) is 35.0. The maximum absolute atomic E-state index is 11.8. The van der Waals surface area contributed by atoms with Crippen molar-refractivity contribution in [1.29, 1.82) is 0 Å². The number of hydrogen-bond donors (Lipinski definition) is 0. The van der Waals surface area contributed by atoms with Crippen LogP contribution in [0.5, 0.6) is 0 Å². The molecule has 0 aliphatic carbocycles. The summed E-state index contributed by atoms with van der Waals surface area (Å²) < 4.78 is 0. The van der Waals surface area contributed by atoms with E-state index in [1.165, 1.54) is 0 Å². The summed E-state index contributed by atoms with van der Waals surface area (Å²) in [5.74, 6) is -1.06. The fraction of sp³-hybridized carbons (Fsp3) is 0. The second-order valence-electron chi connectivity index (χ2n) is 7.21. The Morgan fingerprint density at radius 2 is 0.514 bits per heavy atom. The third-order valence-electron chi connectivity index (χ3n) is 4.76. The van der Waals surface area contributed by atoms with Crippen LogP contribution in [-0.2, 0) is 20.4 Å². The smallest absolute Gasteiger partial charge is 0.318 e. The van der Waals surface area contributed by atoms with Gasteiger partial charge in [0.15, 0.2) is 0 Å². The van der Waals surface area contributed by atoms with Gasteiger partial charge in [-0.15, -0.1) is 48.5 Å². The zero-order valence-electron chi connectivity index (χ0n) is 18.7. The quantitative estimate of drug-likeness (QED) is 0.118. The fourth-order valence-electron chi connectivity index (χ4n) is 2.98. The van der Waals surface area contributed by atoms with Crippen LogP contribution in [0.1, 0.15) is 41.4 Å². The molecular formula is C30H22O4Pd. The van der Waals surface area contributed by atoms with E-state index in [-0.39, 0.29) is 43.6 Å². The Bertz CT molecular complexity index is 1040. The number of carbonyl (C=O) groups is 4. The van der Waals surface area contributed by atoms with Crippen molar-refractivity contribution >= 4 is 23.1 Å². The van der Waals surface area contributed by atoms with Gasteiger partial charge in [-0.3, -0.25) is 0 Å². The molecule has 0 saturated carbocycles. The predicted octanol–water partition coefficient (Wildman–Crippen LogP) is 5.91. The van der Waals surface area contributed by atoms with Gasteiger partial charge in [-0.05, 0) is 0 Å². The molecule has 0 bridgehead atoms. The summed E-state index contributed by atoms with van der Waals surface area (Å²) in [7, 11) is 0. The van der Waals surface area contributed by atoms with Gasteiger partial charge in [0.1, 0.15) is 0 Å². The van der Waals surface area contributed by atoms with E-state index in [4.69, 9.17) is 0 Å². The molecule has 0 spiro atoms. The van der Waals surface area contributed by atoms with Crippen LogP contribution in [0.15, 0.2) is 121 Å².